The van der Waals surface area contributed by atoms with E-state index >= 15 is 0 Å². The maximum Gasteiger partial charge on any atom is 0.269 e. The first-order chi connectivity index (χ1) is 10.5. The summed E-state index contributed by atoms with van der Waals surface area (Å²) in [5.41, 5.74) is 6.22. The Hall–Kier alpha value is -2.34. The third-order valence-electron chi connectivity index (χ3n) is 2.81. The van der Waals surface area contributed by atoms with Gasteiger partial charge < -0.3 is 0 Å². The van der Waals surface area contributed by atoms with Gasteiger partial charge in [-0.15, -0.1) is 11.8 Å². The molecule has 0 bridgehead atoms. The number of amides is 2. The first-order valence-corrected chi connectivity index (χ1v) is 7.57. The minimum Gasteiger partial charge on any atom is -0.272 e. The molecule has 2 N–H and O–H groups in total. The van der Waals surface area contributed by atoms with E-state index in [9.17, 15) is 14.0 Å². The molecule has 4 nitrogen and oxygen atoms in total. The number of nitrogens with one attached hydrogen (secondary N) is 2. The molecule has 0 saturated heterocycles. The summed E-state index contributed by atoms with van der Waals surface area (Å²) in [6.45, 7) is 1.93. The molecule has 0 unspecified atom stereocenters. The second-order valence-electron chi connectivity index (χ2n) is 4.61. The van der Waals surface area contributed by atoms with E-state index in [1.54, 1.807) is 24.3 Å². The van der Waals surface area contributed by atoms with E-state index in [4.69, 9.17) is 0 Å². The van der Waals surface area contributed by atoms with Gasteiger partial charge in [-0.1, -0.05) is 17.7 Å². The molecular weight excluding hydrogens is 303 g/mol. The average molecular weight is 318 g/mol. The molecule has 0 aliphatic rings. The second-order valence-corrected chi connectivity index (χ2v) is 5.66. The number of halogens is 1. The molecule has 0 aliphatic heterocycles. The van der Waals surface area contributed by atoms with Crippen LogP contribution in [0.2, 0.25) is 0 Å². The van der Waals surface area contributed by atoms with Crippen LogP contribution in [-0.4, -0.2) is 17.6 Å². The lowest BCUT2D eigenvalue weighted by Gasteiger charge is -2.07. The molecule has 0 spiro atoms. The van der Waals surface area contributed by atoms with Crippen molar-refractivity contribution in [3.05, 3.63) is 65.5 Å². The third kappa shape index (κ3) is 4.89. The maximum absolute atomic E-state index is 12.7. The van der Waals surface area contributed by atoms with Crippen molar-refractivity contribution in [2.75, 3.05) is 5.75 Å². The van der Waals surface area contributed by atoms with Crippen molar-refractivity contribution in [1.29, 1.82) is 0 Å². The lowest BCUT2D eigenvalue weighted by molar-refractivity contribution is -0.119. The summed E-state index contributed by atoms with van der Waals surface area (Å²) in [7, 11) is 0. The van der Waals surface area contributed by atoms with Crippen molar-refractivity contribution in [3.63, 3.8) is 0 Å². The highest BCUT2D eigenvalue weighted by Gasteiger charge is 2.07. The Morgan fingerprint density at radius 3 is 2.27 bits per heavy atom. The van der Waals surface area contributed by atoms with E-state index in [2.05, 4.69) is 10.9 Å². The molecule has 22 heavy (non-hydrogen) atoms. The van der Waals surface area contributed by atoms with Gasteiger partial charge in [0.2, 0.25) is 5.91 Å². The van der Waals surface area contributed by atoms with E-state index < -0.39 is 0 Å². The second kappa shape index (κ2) is 7.61. The highest BCUT2D eigenvalue weighted by Crippen LogP contribution is 2.17. The van der Waals surface area contributed by atoms with Crippen molar-refractivity contribution in [2.45, 2.75) is 11.8 Å². The van der Waals surface area contributed by atoms with Gasteiger partial charge in [-0.2, -0.15) is 0 Å². The highest BCUT2D eigenvalue weighted by molar-refractivity contribution is 8.00. The van der Waals surface area contributed by atoms with Gasteiger partial charge in [-0.3, -0.25) is 20.4 Å². The number of hydrogen-bond acceptors (Lipinski definition) is 3. The molecule has 0 saturated carbocycles. The molecule has 0 heterocycles. The fourth-order valence-electron chi connectivity index (χ4n) is 1.62. The molecule has 0 atom stereocenters. The molecule has 114 valence electrons. The van der Waals surface area contributed by atoms with Crippen molar-refractivity contribution in [2.24, 2.45) is 0 Å². The summed E-state index contributed by atoms with van der Waals surface area (Å²) in [6.07, 6.45) is 0. The molecule has 2 rings (SSSR count). The highest BCUT2D eigenvalue weighted by atomic mass is 32.2. The van der Waals surface area contributed by atoms with E-state index in [1.807, 2.05) is 19.1 Å². The van der Waals surface area contributed by atoms with Crippen LogP contribution >= 0.6 is 11.8 Å². The number of carbonyl (C=O) groups excluding carboxylic acids is 2. The van der Waals surface area contributed by atoms with Crippen molar-refractivity contribution >= 4 is 23.6 Å². The van der Waals surface area contributed by atoms with Crippen LogP contribution < -0.4 is 10.9 Å². The zero-order chi connectivity index (χ0) is 15.9. The summed E-state index contributed by atoms with van der Waals surface area (Å²) in [5, 5.41) is 0. The monoisotopic (exact) mass is 318 g/mol. The lowest BCUT2D eigenvalue weighted by Crippen LogP contribution is -2.42. The number of carbonyl (C=O) groups is 2. The van der Waals surface area contributed by atoms with Crippen LogP contribution in [0.1, 0.15) is 15.9 Å². The Bertz CT molecular complexity index is 657. The summed E-state index contributed by atoms with van der Waals surface area (Å²) in [4.78, 5) is 24.2. The van der Waals surface area contributed by atoms with Crippen LogP contribution in [-0.2, 0) is 4.79 Å². The van der Waals surface area contributed by atoms with E-state index in [1.165, 1.54) is 23.9 Å². The van der Waals surface area contributed by atoms with Crippen LogP contribution in [0.5, 0.6) is 0 Å². The standard InChI is InChI=1S/C16H15FN2O2S/c1-11-2-4-12(5-3-11)16(21)19-18-15(20)10-22-14-8-6-13(17)7-9-14/h2-9H,10H2,1H3,(H,18,20)(H,19,21). The van der Waals surface area contributed by atoms with Crippen LogP contribution in [0.15, 0.2) is 53.4 Å². The first-order valence-electron chi connectivity index (χ1n) is 6.59. The van der Waals surface area contributed by atoms with Gasteiger partial charge in [0.15, 0.2) is 0 Å². The van der Waals surface area contributed by atoms with Crippen LogP contribution in [0, 0.1) is 12.7 Å². The summed E-state index contributed by atoms with van der Waals surface area (Å²) in [6, 6.07) is 12.9. The van der Waals surface area contributed by atoms with Crippen molar-refractivity contribution < 1.29 is 14.0 Å². The van der Waals surface area contributed by atoms with Gasteiger partial charge in [0.25, 0.3) is 5.91 Å². The fourth-order valence-corrected chi connectivity index (χ4v) is 2.32. The Morgan fingerprint density at radius 1 is 1.00 bits per heavy atom. The van der Waals surface area contributed by atoms with Gasteiger partial charge in [-0.25, -0.2) is 4.39 Å². The molecule has 2 aromatic carbocycles. The van der Waals surface area contributed by atoms with Crippen molar-refractivity contribution in [3.8, 4) is 0 Å². The molecule has 0 fully saturated rings. The molecule has 0 aromatic heterocycles. The zero-order valence-electron chi connectivity index (χ0n) is 11.9. The van der Waals surface area contributed by atoms with Crippen molar-refractivity contribution in [1.82, 2.24) is 10.9 Å². The topological polar surface area (TPSA) is 58.2 Å². The van der Waals surface area contributed by atoms with Crippen LogP contribution in [0.3, 0.4) is 0 Å². The first kappa shape index (κ1) is 16.0. The Balaban J connectivity index is 1.76. The maximum atomic E-state index is 12.7. The molecule has 0 radical (unpaired) electrons. The van der Waals surface area contributed by atoms with E-state index in [0.29, 0.717) is 5.56 Å². The van der Waals surface area contributed by atoms with Gasteiger partial charge in [-0.05, 0) is 43.3 Å². The van der Waals surface area contributed by atoms with E-state index in [0.717, 1.165) is 10.5 Å². The molecular formula is C16H15FN2O2S. The van der Waals surface area contributed by atoms with Crippen LogP contribution in [0.4, 0.5) is 4.39 Å². The number of aryl methyl sites for hydroxylation is 1. The SMILES string of the molecule is Cc1ccc(C(=O)NNC(=O)CSc2ccc(F)cc2)cc1. The van der Waals surface area contributed by atoms with E-state index in [-0.39, 0.29) is 23.4 Å². The Morgan fingerprint density at radius 2 is 1.64 bits per heavy atom. The normalized spacial score (nSPS) is 10.1. The number of hydrogen-bond donors (Lipinski definition) is 2. The van der Waals surface area contributed by atoms with Gasteiger partial charge in [0.05, 0.1) is 5.75 Å². The predicted molar refractivity (Wildman–Crippen MR) is 83.9 cm³/mol. The molecule has 6 heteroatoms. The smallest absolute Gasteiger partial charge is 0.269 e. The lowest BCUT2D eigenvalue weighted by atomic mass is 10.1. The number of thioether (sulfide) groups is 1. The summed E-state index contributed by atoms with van der Waals surface area (Å²) >= 11 is 1.26. The number of rotatable bonds is 4. The van der Waals surface area contributed by atoms with Crippen LogP contribution in [0.25, 0.3) is 0 Å². The number of benzene rings is 2. The van der Waals surface area contributed by atoms with Gasteiger partial charge >= 0.3 is 0 Å². The molecule has 0 aliphatic carbocycles. The third-order valence-corrected chi connectivity index (χ3v) is 3.82. The Labute approximate surface area is 132 Å². The predicted octanol–water partition coefficient (Wildman–Crippen LogP) is 2.69. The fraction of sp³-hybridized carbons (Fsp3) is 0.125. The average Bonchev–Trinajstić information content (AvgIpc) is 2.52. The van der Waals surface area contributed by atoms with Gasteiger partial charge in [0.1, 0.15) is 5.82 Å². The largest absolute Gasteiger partial charge is 0.272 e. The minimum atomic E-state index is -0.375. The summed E-state index contributed by atoms with van der Waals surface area (Å²) in [5.74, 6) is -0.908. The minimum absolute atomic E-state index is 0.125. The van der Waals surface area contributed by atoms with Gasteiger partial charge in [0, 0.05) is 10.5 Å². The number of hydrazine groups is 1. The molecule has 2 aromatic rings. The summed E-state index contributed by atoms with van der Waals surface area (Å²) < 4.78 is 12.7. The Kier molecular flexibility index (Phi) is 5.55. The molecule has 2 amide bonds. The quantitative estimate of drug-likeness (QED) is 0.673. The zero-order valence-corrected chi connectivity index (χ0v) is 12.7.